The van der Waals surface area contributed by atoms with Crippen LogP contribution in [0.3, 0.4) is 0 Å². The fourth-order valence-electron chi connectivity index (χ4n) is 3.55. The summed E-state index contributed by atoms with van der Waals surface area (Å²) in [5.41, 5.74) is 0. The van der Waals surface area contributed by atoms with Crippen molar-refractivity contribution in [2.45, 2.75) is 43.9 Å². The third-order valence-corrected chi connectivity index (χ3v) is 5.83. The standard InChI is InChI=1S/C18H23NO3S/c20-17(8-5-14-2-1-11-23-14)19-9-10-21-16-7-6-15(19)18(16)22-12-13-3-4-13/h1-2,5,8,11,13,15-16,18H,3-4,6-7,9-10,12H2/b8-5+/t15-,16-,18-/m0/s1. The third kappa shape index (κ3) is 3.52. The zero-order chi connectivity index (χ0) is 15.6. The molecule has 3 fully saturated rings. The number of hydrogen-bond donors (Lipinski definition) is 0. The molecule has 2 bridgehead atoms. The Labute approximate surface area is 141 Å². The van der Waals surface area contributed by atoms with Crippen molar-refractivity contribution in [3.8, 4) is 0 Å². The van der Waals surface area contributed by atoms with E-state index in [1.807, 2.05) is 28.5 Å². The lowest BCUT2D eigenvalue weighted by Crippen LogP contribution is -2.46. The number of ether oxygens (including phenoxy) is 2. The number of rotatable bonds is 5. The molecule has 3 atom stereocenters. The maximum atomic E-state index is 12.7. The van der Waals surface area contributed by atoms with Gasteiger partial charge in [-0.15, -0.1) is 11.3 Å². The Kier molecular flexibility index (Phi) is 4.51. The number of carbonyl (C=O) groups excluding carboxylic acids is 1. The fourth-order valence-corrected chi connectivity index (χ4v) is 4.17. The summed E-state index contributed by atoms with van der Waals surface area (Å²) < 4.78 is 12.1. The maximum Gasteiger partial charge on any atom is 0.247 e. The van der Waals surface area contributed by atoms with Crippen LogP contribution in [0.2, 0.25) is 0 Å². The Morgan fingerprint density at radius 1 is 1.39 bits per heavy atom. The summed E-state index contributed by atoms with van der Waals surface area (Å²) in [5.74, 6) is 0.815. The lowest BCUT2D eigenvalue weighted by Gasteiger charge is -2.30. The lowest BCUT2D eigenvalue weighted by molar-refractivity contribution is -0.130. The molecule has 0 unspecified atom stereocenters. The van der Waals surface area contributed by atoms with Crippen molar-refractivity contribution in [1.29, 1.82) is 0 Å². The second kappa shape index (κ2) is 6.75. The van der Waals surface area contributed by atoms with E-state index in [2.05, 4.69) is 0 Å². The highest BCUT2D eigenvalue weighted by molar-refractivity contribution is 7.10. The Bertz CT molecular complexity index is 567. The first-order chi connectivity index (χ1) is 11.3. The van der Waals surface area contributed by atoms with Crippen LogP contribution in [-0.2, 0) is 14.3 Å². The van der Waals surface area contributed by atoms with Crippen molar-refractivity contribution in [3.05, 3.63) is 28.5 Å². The predicted molar refractivity (Wildman–Crippen MR) is 90.3 cm³/mol. The van der Waals surface area contributed by atoms with Crippen molar-refractivity contribution < 1.29 is 14.3 Å². The number of amides is 1. The van der Waals surface area contributed by atoms with Crippen molar-refractivity contribution in [2.75, 3.05) is 19.8 Å². The van der Waals surface area contributed by atoms with Gasteiger partial charge in [-0.1, -0.05) is 6.07 Å². The van der Waals surface area contributed by atoms with Crippen LogP contribution in [0.15, 0.2) is 23.6 Å². The van der Waals surface area contributed by atoms with Crippen LogP contribution < -0.4 is 0 Å². The minimum atomic E-state index is 0.0530. The van der Waals surface area contributed by atoms with Gasteiger partial charge in [0, 0.05) is 24.1 Å². The van der Waals surface area contributed by atoms with E-state index in [9.17, 15) is 4.79 Å². The Balaban J connectivity index is 1.44. The van der Waals surface area contributed by atoms with E-state index in [1.54, 1.807) is 17.4 Å². The van der Waals surface area contributed by atoms with Gasteiger partial charge in [0.2, 0.25) is 5.91 Å². The van der Waals surface area contributed by atoms with Gasteiger partial charge in [-0.3, -0.25) is 4.79 Å². The molecule has 1 aromatic rings. The normalized spacial score (nSPS) is 30.8. The lowest BCUT2D eigenvalue weighted by atomic mass is 10.1. The van der Waals surface area contributed by atoms with Gasteiger partial charge in [0.25, 0.3) is 0 Å². The summed E-state index contributed by atoms with van der Waals surface area (Å²) in [6.07, 6.45) is 8.38. The van der Waals surface area contributed by atoms with Gasteiger partial charge in [0.1, 0.15) is 6.10 Å². The van der Waals surface area contributed by atoms with Gasteiger partial charge < -0.3 is 14.4 Å². The third-order valence-electron chi connectivity index (χ3n) is 4.99. The predicted octanol–water partition coefficient (Wildman–Crippen LogP) is 2.95. The smallest absolute Gasteiger partial charge is 0.247 e. The van der Waals surface area contributed by atoms with E-state index >= 15 is 0 Å². The molecular formula is C18H23NO3S. The highest BCUT2D eigenvalue weighted by Crippen LogP contribution is 2.35. The van der Waals surface area contributed by atoms with Crippen LogP contribution in [0.4, 0.5) is 0 Å². The summed E-state index contributed by atoms with van der Waals surface area (Å²) >= 11 is 1.64. The van der Waals surface area contributed by atoms with Crippen molar-refractivity contribution in [3.63, 3.8) is 0 Å². The molecule has 3 aliphatic rings. The zero-order valence-electron chi connectivity index (χ0n) is 13.2. The van der Waals surface area contributed by atoms with Crippen LogP contribution in [0.5, 0.6) is 0 Å². The topological polar surface area (TPSA) is 38.8 Å². The first kappa shape index (κ1) is 15.4. The SMILES string of the molecule is O=C(/C=C/c1cccs1)N1CCO[C@H]2CC[C@H]1[C@@H]2OCC1CC1. The van der Waals surface area contributed by atoms with Gasteiger partial charge in [-0.05, 0) is 49.1 Å². The highest BCUT2D eigenvalue weighted by atomic mass is 32.1. The number of nitrogens with zero attached hydrogens (tertiary/aromatic N) is 1. The van der Waals surface area contributed by atoms with E-state index in [1.165, 1.54) is 12.8 Å². The molecule has 0 N–H and O–H groups in total. The molecule has 2 aliphatic carbocycles. The average Bonchev–Trinajstić information content (AvgIpc) is 3.11. The van der Waals surface area contributed by atoms with Gasteiger partial charge in [-0.25, -0.2) is 0 Å². The molecule has 1 saturated heterocycles. The summed E-state index contributed by atoms with van der Waals surface area (Å²) in [4.78, 5) is 15.7. The fraction of sp³-hybridized carbons (Fsp3) is 0.611. The van der Waals surface area contributed by atoms with Crippen LogP contribution in [0, 0.1) is 5.92 Å². The van der Waals surface area contributed by atoms with E-state index in [0.29, 0.717) is 13.2 Å². The Morgan fingerprint density at radius 3 is 3.09 bits per heavy atom. The second-order valence-corrected chi connectivity index (χ2v) is 7.65. The van der Waals surface area contributed by atoms with E-state index in [-0.39, 0.29) is 24.2 Å². The van der Waals surface area contributed by atoms with Crippen LogP contribution in [0.1, 0.15) is 30.6 Å². The number of hydrogen-bond acceptors (Lipinski definition) is 4. The van der Waals surface area contributed by atoms with Gasteiger partial charge in [0.05, 0.1) is 18.8 Å². The van der Waals surface area contributed by atoms with E-state index in [0.717, 1.165) is 30.2 Å². The largest absolute Gasteiger partial charge is 0.374 e. The van der Waals surface area contributed by atoms with Crippen LogP contribution >= 0.6 is 11.3 Å². The zero-order valence-corrected chi connectivity index (χ0v) is 14.0. The molecule has 5 heteroatoms. The molecule has 0 spiro atoms. The van der Waals surface area contributed by atoms with Crippen molar-refractivity contribution in [2.24, 2.45) is 5.92 Å². The molecule has 4 nitrogen and oxygen atoms in total. The number of carbonyl (C=O) groups is 1. The summed E-state index contributed by atoms with van der Waals surface area (Å²) in [5, 5.41) is 2.02. The van der Waals surface area contributed by atoms with E-state index < -0.39 is 0 Å². The molecule has 0 aromatic carbocycles. The summed E-state index contributed by atoms with van der Waals surface area (Å²) in [6.45, 7) is 2.11. The van der Waals surface area contributed by atoms with Gasteiger partial charge in [0.15, 0.2) is 0 Å². The maximum absolute atomic E-state index is 12.7. The second-order valence-electron chi connectivity index (χ2n) is 6.68. The molecular weight excluding hydrogens is 310 g/mol. The molecule has 2 heterocycles. The molecule has 1 amide bonds. The number of thiophene rings is 1. The monoisotopic (exact) mass is 333 g/mol. The van der Waals surface area contributed by atoms with Crippen molar-refractivity contribution in [1.82, 2.24) is 4.90 Å². The highest BCUT2D eigenvalue weighted by Gasteiger charge is 2.44. The number of fused-ring (bicyclic) bond motifs is 2. The Morgan fingerprint density at radius 2 is 2.30 bits per heavy atom. The summed E-state index contributed by atoms with van der Waals surface area (Å²) in [7, 11) is 0. The molecule has 2 saturated carbocycles. The van der Waals surface area contributed by atoms with Gasteiger partial charge >= 0.3 is 0 Å². The summed E-state index contributed by atoms with van der Waals surface area (Å²) in [6, 6.07) is 4.19. The first-order valence-electron chi connectivity index (χ1n) is 8.56. The average molecular weight is 333 g/mol. The molecule has 4 rings (SSSR count). The molecule has 124 valence electrons. The van der Waals surface area contributed by atoms with Crippen molar-refractivity contribution >= 4 is 23.3 Å². The quantitative estimate of drug-likeness (QED) is 0.778. The van der Waals surface area contributed by atoms with E-state index in [4.69, 9.17) is 9.47 Å². The minimum absolute atomic E-state index is 0.0530. The van der Waals surface area contributed by atoms with Crippen LogP contribution in [-0.4, -0.2) is 48.8 Å². The molecule has 1 aromatic heterocycles. The van der Waals surface area contributed by atoms with Gasteiger partial charge in [-0.2, -0.15) is 0 Å². The Hall–Kier alpha value is -1.17. The first-order valence-corrected chi connectivity index (χ1v) is 9.44. The molecule has 1 aliphatic heterocycles. The minimum Gasteiger partial charge on any atom is -0.374 e. The molecule has 23 heavy (non-hydrogen) atoms. The van der Waals surface area contributed by atoms with Crippen LogP contribution in [0.25, 0.3) is 6.08 Å². The molecule has 0 radical (unpaired) electrons.